The van der Waals surface area contributed by atoms with Crippen molar-refractivity contribution in [2.24, 2.45) is 0 Å². The predicted octanol–water partition coefficient (Wildman–Crippen LogP) is 3.89. The van der Waals surface area contributed by atoms with Crippen LogP contribution >= 0.6 is 0 Å². The fourth-order valence-corrected chi connectivity index (χ4v) is 2.81. The fourth-order valence-electron chi connectivity index (χ4n) is 2.81. The molecule has 0 radical (unpaired) electrons. The average molecular weight is 289 g/mol. The van der Waals surface area contributed by atoms with Gasteiger partial charge in [0.25, 0.3) is 5.92 Å². The summed E-state index contributed by atoms with van der Waals surface area (Å²) in [6, 6.07) is 15.7. The SMILES string of the molecule is COc1ccc(CN2CC(F)(F)C2c2ccccc2)cc1. The van der Waals surface area contributed by atoms with Crippen LogP contribution in [0.1, 0.15) is 17.2 Å². The molecule has 2 aromatic rings. The van der Waals surface area contributed by atoms with Gasteiger partial charge in [0.1, 0.15) is 11.8 Å². The normalized spacial score (nSPS) is 20.8. The van der Waals surface area contributed by atoms with E-state index in [0.29, 0.717) is 12.1 Å². The van der Waals surface area contributed by atoms with Gasteiger partial charge >= 0.3 is 0 Å². The van der Waals surface area contributed by atoms with Crippen LogP contribution in [0.5, 0.6) is 5.75 Å². The van der Waals surface area contributed by atoms with Crippen molar-refractivity contribution in [1.82, 2.24) is 4.90 Å². The molecule has 0 spiro atoms. The zero-order valence-corrected chi connectivity index (χ0v) is 11.8. The molecule has 110 valence electrons. The van der Waals surface area contributed by atoms with E-state index in [1.54, 1.807) is 36.3 Å². The van der Waals surface area contributed by atoms with E-state index < -0.39 is 12.0 Å². The molecule has 1 fully saturated rings. The maximum absolute atomic E-state index is 13.9. The third-order valence-electron chi connectivity index (χ3n) is 3.84. The Morgan fingerprint density at radius 1 is 1.10 bits per heavy atom. The lowest BCUT2D eigenvalue weighted by Gasteiger charge is -2.48. The molecule has 1 unspecified atom stereocenters. The largest absolute Gasteiger partial charge is 0.497 e. The van der Waals surface area contributed by atoms with Crippen LogP contribution in [0.2, 0.25) is 0 Å². The molecule has 2 nitrogen and oxygen atoms in total. The maximum Gasteiger partial charge on any atom is 0.279 e. The lowest BCUT2D eigenvalue weighted by molar-refractivity contribution is -0.190. The summed E-state index contributed by atoms with van der Waals surface area (Å²) in [5.74, 6) is -1.89. The summed E-state index contributed by atoms with van der Waals surface area (Å²) in [5, 5.41) is 0. The molecule has 0 saturated carbocycles. The van der Waals surface area contributed by atoms with Gasteiger partial charge in [-0.05, 0) is 23.3 Å². The first kappa shape index (κ1) is 14.0. The first-order valence-electron chi connectivity index (χ1n) is 6.90. The third-order valence-corrected chi connectivity index (χ3v) is 3.84. The highest BCUT2D eigenvalue weighted by atomic mass is 19.3. The summed E-state index contributed by atoms with van der Waals surface area (Å²) in [4.78, 5) is 1.80. The average Bonchev–Trinajstić information content (AvgIpc) is 2.48. The van der Waals surface area contributed by atoms with Gasteiger partial charge in [-0.2, -0.15) is 0 Å². The number of ether oxygens (including phenoxy) is 1. The highest BCUT2D eigenvalue weighted by Gasteiger charge is 2.54. The number of alkyl halides is 2. The van der Waals surface area contributed by atoms with E-state index >= 15 is 0 Å². The molecule has 1 aliphatic heterocycles. The molecule has 0 amide bonds. The molecule has 0 N–H and O–H groups in total. The molecule has 2 aromatic carbocycles. The van der Waals surface area contributed by atoms with Crippen LogP contribution in [0.3, 0.4) is 0 Å². The van der Waals surface area contributed by atoms with Crippen molar-refractivity contribution in [2.45, 2.75) is 18.5 Å². The van der Waals surface area contributed by atoms with Gasteiger partial charge in [0.15, 0.2) is 0 Å². The van der Waals surface area contributed by atoms with Crippen molar-refractivity contribution in [3.05, 3.63) is 65.7 Å². The summed E-state index contributed by atoms with van der Waals surface area (Å²) < 4.78 is 32.9. The van der Waals surface area contributed by atoms with Crippen LogP contribution in [0, 0.1) is 0 Å². The molecule has 1 saturated heterocycles. The van der Waals surface area contributed by atoms with Crippen molar-refractivity contribution in [3.8, 4) is 5.75 Å². The van der Waals surface area contributed by atoms with E-state index in [1.807, 2.05) is 30.3 Å². The minimum atomic E-state index is -2.66. The van der Waals surface area contributed by atoms with Crippen LogP contribution in [-0.4, -0.2) is 24.5 Å². The van der Waals surface area contributed by atoms with Crippen LogP contribution in [-0.2, 0) is 6.54 Å². The Morgan fingerprint density at radius 2 is 1.76 bits per heavy atom. The van der Waals surface area contributed by atoms with Crippen molar-refractivity contribution in [3.63, 3.8) is 0 Å². The van der Waals surface area contributed by atoms with Crippen LogP contribution in [0.25, 0.3) is 0 Å². The molecule has 21 heavy (non-hydrogen) atoms. The van der Waals surface area contributed by atoms with Gasteiger partial charge in [0.2, 0.25) is 0 Å². The molecule has 0 aliphatic carbocycles. The minimum Gasteiger partial charge on any atom is -0.497 e. The highest BCUT2D eigenvalue weighted by molar-refractivity contribution is 5.29. The molecule has 1 aliphatic rings. The Balaban J connectivity index is 1.76. The second-order valence-electron chi connectivity index (χ2n) is 5.33. The zero-order chi connectivity index (χ0) is 14.9. The topological polar surface area (TPSA) is 12.5 Å². The lowest BCUT2D eigenvalue weighted by Crippen LogP contribution is -2.58. The minimum absolute atomic E-state index is 0.196. The quantitative estimate of drug-likeness (QED) is 0.846. The van der Waals surface area contributed by atoms with Gasteiger partial charge in [-0.1, -0.05) is 42.5 Å². The molecule has 4 heteroatoms. The van der Waals surface area contributed by atoms with E-state index in [1.165, 1.54) is 0 Å². The molecular formula is C17H17F2NO. The molecule has 0 bridgehead atoms. The van der Waals surface area contributed by atoms with Gasteiger partial charge < -0.3 is 4.74 Å². The first-order chi connectivity index (χ1) is 10.1. The molecule has 1 heterocycles. The van der Waals surface area contributed by atoms with Crippen molar-refractivity contribution in [2.75, 3.05) is 13.7 Å². The van der Waals surface area contributed by atoms with Gasteiger partial charge in [0.05, 0.1) is 13.7 Å². The fraction of sp³-hybridized carbons (Fsp3) is 0.294. The van der Waals surface area contributed by atoms with Gasteiger partial charge in [-0.15, -0.1) is 0 Å². The lowest BCUT2D eigenvalue weighted by atomic mass is 9.90. The smallest absolute Gasteiger partial charge is 0.279 e. The van der Waals surface area contributed by atoms with Gasteiger partial charge in [-0.25, -0.2) is 8.78 Å². The summed E-state index contributed by atoms with van der Waals surface area (Å²) in [7, 11) is 1.61. The number of nitrogens with zero attached hydrogens (tertiary/aromatic N) is 1. The van der Waals surface area contributed by atoms with Crippen LogP contribution < -0.4 is 4.74 Å². The number of rotatable bonds is 4. The maximum atomic E-state index is 13.9. The number of halogens is 2. The second-order valence-corrected chi connectivity index (χ2v) is 5.33. The Bertz CT molecular complexity index is 598. The van der Waals surface area contributed by atoms with Crippen LogP contribution in [0.15, 0.2) is 54.6 Å². The van der Waals surface area contributed by atoms with Crippen molar-refractivity contribution in [1.29, 1.82) is 0 Å². The monoisotopic (exact) mass is 289 g/mol. The molecule has 3 rings (SSSR count). The number of hydrogen-bond acceptors (Lipinski definition) is 2. The summed E-state index contributed by atoms with van der Waals surface area (Å²) in [6.45, 7) is 0.317. The number of methoxy groups -OCH3 is 1. The number of likely N-dealkylation sites (tertiary alicyclic amines) is 1. The molecule has 1 atom stereocenters. The van der Waals surface area contributed by atoms with Gasteiger partial charge in [-0.3, -0.25) is 4.90 Å². The molecular weight excluding hydrogens is 272 g/mol. The van der Waals surface area contributed by atoms with E-state index in [9.17, 15) is 8.78 Å². The zero-order valence-electron chi connectivity index (χ0n) is 11.8. The number of benzene rings is 2. The Kier molecular flexibility index (Phi) is 3.64. The standard InChI is InChI=1S/C17H17F2NO/c1-21-15-9-7-13(8-10-15)11-20-12-17(18,19)16(20)14-5-3-2-4-6-14/h2-10,16H,11-12H2,1H3. The first-order valence-corrected chi connectivity index (χ1v) is 6.90. The van der Waals surface area contributed by atoms with E-state index in [4.69, 9.17) is 4.74 Å². The van der Waals surface area contributed by atoms with Crippen molar-refractivity contribution < 1.29 is 13.5 Å². The summed E-state index contributed by atoms with van der Waals surface area (Å²) in [5.41, 5.74) is 1.68. The predicted molar refractivity (Wildman–Crippen MR) is 77.5 cm³/mol. The summed E-state index contributed by atoms with van der Waals surface area (Å²) in [6.07, 6.45) is 0. The third kappa shape index (κ3) is 2.76. The van der Waals surface area contributed by atoms with Crippen molar-refractivity contribution >= 4 is 0 Å². The summed E-state index contributed by atoms with van der Waals surface area (Å²) >= 11 is 0. The molecule has 0 aromatic heterocycles. The Labute approximate surface area is 123 Å². The number of hydrogen-bond donors (Lipinski definition) is 0. The Morgan fingerprint density at radius 3 is 2.33 bits per heavy atom. The highest BCUT2D eigenvalue weighted by Crippen LogP contribution is 2.46. The van der Waals surface area contributed by atoms with E-state index in [-0.39, 0.29) is 6.54 Å². The van der Waals surface area contributed by atoms with Crippen LogP contribution in [0.4, 0.5) is 8.78 Å². The van der Waals surface area contributed by atoms with E-state index in [0.717, 1.165) is 11.3 Å². The van der Waals surface area contributed by atoms with E-state index in [2.05, 4.69) is 0 Å². The second kappa shape index (κ2) is 5.45. The van der Waals surface area contributed by atoms with Gasteiger partial charge in [0, 0.05) is 6.54 Å². The Hall–Kier alpha value is -1.94.